The second-order valence-corrected chi connectivity index (χ2v) is 2.17. The van der Waals surface area contributed by atoms with E-state index in [1.54, 1.807) is 12.4 Å². The number of pyridine rings is 1. The Morgan fingerprint density at radius 1 is 1.60 bits per heavy atom. The van der Waals surface area contributed by atoms with E-state index in [4.69, 9.17) is 10.8 Å². The highest BCUT2D eigenvalue weighted by Crippen LogP contribution is 2.12. The lowest BCUT2D eigenvalue weighted by molar-refractivity contribution is 0.280. The van der Waals surface area contributed by atoms with E-state index in [2.05, 4.69) is 4.98 Å². The first-order valence-electron chi connectivity index (χ1n) is 3.05. The molecular formula is C7H10N2O. The van der Waals surface area contributed by atoms with Crippen molar-refractivity contribution in [1.29, 1.82) is 0 Å². The molecule has 1 heterocycles. The van der Waals surface area contributed by atoms with E-state index in [9.17, 15) is 0 Å². The number of rotatable bonds is 1. The molecule has 10 heavy (non-hydrogen) atoms. The second-order valence-electron chi connectivity index (χ2n) is 2.17. The van der Waals surface area contributed by atoms with Gasteiger partial charge in [-0.15, -0.1) is 0 Å². The van der Waals surface area contributed by atoms with Crippen molar-refractivity contribution in [3.63, 3.8) is 0 Å². The number of aliphatic hydroxyl groups excluding tert-OH is 1. The van der Waals surface area contributed by atoms with Crippen molar-refractivity contribution in [1.82, 2.24) is 4.98 Å². The van der Waals surface area contributed by atoms with Crippen LogP contribution in [0.25, 0.3) is 0 Å². The quantitative estimate of drug-likeness (QED) is 0.592. The molecule has 0 spiro atoms. The summed E-state index contributed by atoms with van der Waals surface area (Å²) in [7, 11) is 0. The van der Waals surface area contributed by atoms with Gasteiger partial charge in [0.1, 0.15) is 0 Å². The van der Waals surface area contributed by atoms with E-state index in [1.807, 2.05) is 6.92 Å². The number of aliphatic hydroxyl groups is 1. The van der Waals surface area contributed by atoms with Gasteiger partial charge in [-0.1, -0.05) is 0 Å². The number of aromatic nitrogens is 1. The Labute approximate surface area is 59.5 Å². The van der Waals surface area contributed by atoms with Crippen molar-refractivity contribution in [3.05, 3.63) is 23.5 Å². The maximum atomic E-state index is 8.75. The van der Waals surface area contributed by atoms with E-state index < -0.39 is 0 Å². The topological polar surface area (TPSA) is 59.1 Å². The highest BCUT2D eigenvalue weighted by atomic mass is 16.3. The highest BCUT2D eigenvalue weighted by Gasteiger charge is 1.98. The summed E-state index contributed by atoms with van der Waals surface area (Å²) < 4.78 is 0. The lowest BCUT2D eigenvalue weighted by Gasteiger charge is -2.02. The van der Waals surface area contributed by atoms with Crippen molar-refractivity contribution < 1.29 is 5.11 Å². The minimum absolute atomic E-state index is 0.00384. The van der Waals surface area contributed by atoms with E-state index in [-0.39, 0.29) is 6.61 Å². The first-order valence-corrected chi connectivity index (χ1v) is 3.05. The van der Waals surface area contributed by atoms with Crippen LogP contribution in [-0.2, 0) is 6.61 Å². The van der Waals surface area contributed by atoms with Crippen LogP contribution in [0.2, 0.25) is 0 Å². The summed E-state index contributed by atoms with van der Waals surface area (Å²) in [5.74, 6) is 0. The number of hydrogen-bond acceptors (Lipinski definition) is 3. The molecule has 0 aromatic carbocycles. The Balaban J connectivity index is 3.14. The van der Waals surface area contributed by atoms with Crippen molar-refractivity contribution in [2.45, 2.75) is 13.5 Å². The first-order chi connectivity index (χ1) is 4.75. The summed E-state index contributed by atoms with van der Waals surface area (Å²) in [5, 5.41) is 8.75. The summed E-state index contributed by atoms with van der Waals surface area (Å²) in [5.41, 5.74) is 7.86. The first kappa shape index (κ1) is 7.02. The molecule has 1 aromatic heterocycles. The third-order valence-electron chi connectivity index (χ3n) is 1.53. The maximum Gasteiger partial charge on any atom is 0.0700 e. The minimum atomic E-state index is 0.00384. The Kier molecular flexibility index (Phi) is 1.87. The zero-order valence-corrected chi connectivity index (χ0v) is 5.83. The molecule has 3 nitrogen and oxygen atoms in total. The van der Waals surface area contributed by atoms with Crippen LogP contribution in [0.5, 0.6) is 0 Å². The predicted octanol–water partition coefficient (Wildman–Crippen LogP) is 0.465. The van der Waals surface area contributed by atoms with E-state index in [0.29, 0.717) is 5.69 Å². The van der Waals surface area contributed by atoms with Crippen LogP contribution in [0.1, 0.15) is 11.1 Å². The fourth-order valence-corrected chi connectivity index (χ4v) is 0.746. The third-order valence-corrected chi connectivity index (χ3v) is 1.53. The molecule has 0 saturated carbocycles. The molecule has 0 fully saturated rings. The van der Waals surface area contributed by atoms with E-state index in [0.717, 1.165) is 11.1 Å². The lowest BCUT2D eigenvalue weighted by Crippen LogP contribution is -1.96. The molecule has 0 saturated heterocycles. The molecule has 0 aliphatic carbocycles. The molecular weight excluding hydrogens is 128 g/mol. The molecule has 0 aliphatic heterocycles. The van der Waals surface area contributed by atoms with Crippen LogP contribution in [0.4, 0.5) is 5.69 Å². The Morgan fingerprint density at radius 2 is 2.30 bits per heavy atom. The number of nitrogens with zero attached hydrogens (tertiary/aromatic N) is 1. The molecule has 54 valence electrons. The molecule has 3 N–H and O–H groups in total. The number of nitrogens with two attached hydrogens (primary N) is 1. The van der Waals surface area contributed by atoms with Gasteiger partial charge < -0.3 is 10.8 Å². The fraction of sp³-hybridized carbons (Fsp3) is 0.286. The minimum Gasteiger partial charge on any atom is -0.397 e. The number of nitrogen functional groups attached to an aromatic ring is 1. The van der Waals surface area contributed by atoms with Crippen LogP contribution in [0, 0.1) is 6.92 Å². The zero-order chi connectivity index (χ0) is 7.56. The zero-order valence-electron chi connectivity index (χ0n) is 5.83. The predicted molar refractivity (Wildman–Crippen MR) is 39.3 cm³/mol. The second kappa shape index (κ2) is 2.66. The van der Waals surface area contributed by atoms with Gasteiger partial charge in [0.05, 0.1) is 18.5 Å². The average molecular weight is 138 g/mol. The van der Waals surface area contributed by atoms with Gasteiger partial charge in [-0.05, 0) is 12.5 Å². The molecule has 0 radical (unpaired) electrons. The summed E-state index contributed by atoms with van der Waals surface area (Å²) in [4.78, 5) is 3.83. The van der Waals surface area contributed by atoms with Gasteiger partial charge in [-0.25, -0.2) is 0 Å². The molecule has 3 heteroatoms. The number of anilines is 1. The Morgan fingerprint density at radius 3 is 2.80 bits per heavy atom. The largest absolute Gasteiger partial charge is 0.397 e. The van der Waals surface area contributed by atoms with Crippen molar-refractivity contribution in [2.24, 2.45) is 0 Å². The Bertz CT molecular complexity index is 235. The highest BCUT2D eigenvalue weighted by molar-refractivity contribution is 5.46. The van der Waals surface area contributed by atoms with Gasteiger partial charge in [0.25, 0.3) is 0 Å². The summed E-state index contributed by atoms with van der Waals surface area (Å²) in [6.45, 7) is 1.87. The molecule has 0 atom stereocenters. The van der Waals surface area contributed by atoms with E-state index in [1.165, 1.54) is 0 Å². The average Bonchev–Trinajstić information content (AvgIpc) is 1.95. The number of hydrogen-bond donors (Lipinski definition) is 2. The lowest BCUT2D eigenvalue weighted by atomic mass is 10.1. The van der Waals surface area contributed by atoms with Gasteiger partial charge in [0.2, 0.25) is 0 Å². The van der Waals surface area contributed by atoms with Crippen LogP contribution in [0.15, 0.2) is 12.4 Å². The molecule has 0 aliphatic rings. The third kappa shape index (κ3) is 1.09. The van der Waals surface area contributed by atoms with Crippen molar-refractivity contribution in [2.75, 3.05) is 5.73 Å². The molecule has 0 unspecified atom stereocenters. The monoisotopic (exact) mass is 138 g/mol. The maximum absolute atomic E-state index is 8.75. The molecule has 0 amide bonds. The fourth-order valence-electron chi connectivity index (χ4n) is 0.746. The normalized spacial score (nSPS) is 9.80. The van der Waals surface area contributed by atoms with Crippen LogP contribution >= 0.6 is 0 Å². The van der Waals surface area contributed by atoms with Crippen LogP contribution in [-0.4, -0.2) is 10.1 Å². The summed E-state index contributed by atoms with van der Waals surface area (Å²) >= 11 is 0. The van der Waals surface area contributed by atoms with E-state index >= 15 is 0 Å². The summed E-state index contributed by atoms with van der Waals surface area (Å²) in [6, 6.07) is 0. The smallest absolute Gasteiger partial charge is 0.0700 e. The van der Waals surface area contributed by atoms with Gasteiger partial charge in [0, 0.05) is 11.8 Å². The van der Waals surface area contributed by atoms with Gasteiger partial charge in [-0.3, -0.25) is 4.98 Å². The summed E-state index contributed by atoms with van der Waals surface area (Å²) in [6.07, 6.45) is 3.19. The van der Waals surface area contributed by atoms with Crippen LogP contribution < -0.4 is 5.73 Å². The van der Waals surface area contributed by atoms with Gasteiger partial charge in [-0.2, -0.15) is 0 Å². The van der Waals surface area contributed by atoms with Gasteiger partial charge >= 0.3 is 0 Å². The van der Waals surface area contributed by atoms with Crippen molar-refractivity contribution in [3.8, 4) is 0 Å². The van der Waals surface area contributed by atoms with Crippen molar-refractivity contribution >= 4 is 5.69 Å². The standard InChI is InChI=1S/C7H10N2O/c1-5-6(4-10)2-9-3-7(5)8/h2-3,10H,4,8H2,1H3. The molecule has 1 rings (SSSR count). The Hall–Kier alpha value is -1.09. The molecule has 0 bridgehead atoms. The van der Waals surface area contributed by atoms with Crippen LogP contribution in [0.3, 0.4) is 0 Å². The van der Waals surface area contributed by atoms with Gasteiger partial charge in [0.15, 0.2) is 0 Å². The SMILES string of the molecule is Cc1c(N)cncc1CO. The molecule has 1 aromatic rings.